The first kappa shape index (κ1) is 42.8. The van der Waals surface area contributed by atoms with Crippen LogP contribution in [0.5, 0.6) is 11.5 Å². The second kappa shape index (κ2) is 21.1. The van der Waals surface area contributed by atoms with E-state index in [1.165, 1.54) is 30.2 Å². The van der Waals surface area contributed by atoms with E-state index in [-0.39, 0.29) is 56.3 Å². The molecule has 15 nitrogen and oxygen atoms in total. The predicted molar refractivity (Wildman–Crippen MR) is 190 cm³/mol. The second-order valence-corrected chi connectivity index (χ2v) is 12.5. The molecule has 0 aliphatic carbocycles. The number of carbonyl (C=O) groups excluding carboxylic acids is 6. The van der Waals surface area contributed by atoms with E-state index in [1.54, 1.807) is 65.8 Å². The fourth-order valence-corrected chi connectivity index (χ4v) is 4.99. The highest BCUT2D eigenvalue weighted by molar-refractivity contribution is 6.38. The van der Waals surface area contributed by atoms with Crippen molar-refractivity contribution in [2.75, 3.05) is 38.4 Å². The number of unbranched alkanes of at least 4 members (excludes halogenated alkanes) is 1. The second-order valence-electron chi connectivity index (χ2n) is 12.5. The van der Waals surface area contributed by atoms with Gasteiger partial charge in [0, 0.05) is 24.7 Å². The number of benzene rings is 2. The highest BCUT2D eigenvalue weighted by Gasteiger charge is 2.32. The minimum Gasteiger partial charge on any atom is -0.507 e. The summed E-state index contributed by atoms with van der Waals surface area (Å²) in [6.07, 6.45) is 0.425. The third-order valence-electron chi connectivity index (χ3n) is 7.40. The summed E-state index contributed by atoms with van der Waals surface area (Å²) in [6.45, 7) is 10.7. The maximum atomic E-state index is 13.3. The lowest BCUT2D eigenvalue weighted by Gasteiger charge is -2.30. The van der Waals surface area contributed by atoms with Crippen molar-refractivity contribution in [3.63, 3.8) is 0 Å². The summed E-state index contributed by atoms with van der Waals surface area (Å²) in [5, 5.41) is 15.5. The van der Waals surface area contributed by atoms with E-state index in [1.807, 2.05) is 0 Å². The zero-order valence-corrected chi connectivity index (χ0v) is 30.9. The molecule has 286 valence electrons. The van der Waals surface area contributed by atoms with Crippen LogP contribution < -0.4 is 20.3 Å². The Morgan fingerprint density at radius 2 is 1.58 bits per heavy atom. The molecule has 2 atom stereocenters. The smallest absolute Gasteiger partial charge is 0.408 e. The molecular formula is C37H51N3O12. The Hall–Kier alpha value is -5.34. The molecule has 0 fully saturated rings. The van der Waals surface area contributed by atoms with Gasteiger partial charge in [0.05, 0.1) is 33.4 Å². The average molecular weight is 730 g/mol. The maximum Gasteiger partial charge on any atom is 0.408 e. The minimum absolute atomic E-state index is 0.00907. The number of nitrogens with one attached hydrogen (secondary N) is 2. The molecule has 2 aromatic carbocycles. The number of phenols is 1. The largest absolute Gasteiger partial charge is 0.507 e. The number of hydrogen-bond donors (Lipinski definition) is 3. The molecule has 0 saturated heterocycles. The van der Waals surface area contributed by atoms with E-state index in [9.17, 15) is 33.9 Å². The zero-order chi connectivity index (χ0) is 38.8. The number of esters is 3. The molecule has 3 amide bonds. The van der Waals surface area contributed by atoms with Crippen LogP contribution in [0.3, 0.4) is 0 Å². The van der Waals surface area contributed by atoms with Crippen molar-refractivity contribution in [1.82, 2.24) is 10.6 Å². The van der Waals surface area contributed by atoms with Crippen LogP contribution in [-0.2, 0) is 44.5 Å². The first-order valence-electron chi connectivity index (χ1n) is 17.2. The summed E-state index contributed by atoms with van der Waals surface area (Å²) in [5.41, 5.74) is 0.0424. The fourth-order valence-electron chi connectivity index (χ4n) is 4.99. The van der Waals surface area contributed by atoms with E-state index >= 15 is 0 Å². The van der Waals surface area contributed by atoms with Crippen LogP contribution in [0.4, 0.5) is 10.5 Å². The number of carbonyl (C=O) groups is 6. The van der Waals surface area contributed by atoms with E-state index < -0.39 is 53.5 Å². The summed E-state index contributed by atoms with van der Waals surface area (Å²) < 4.78 is 25.8. The normalized spacial score (nSPS) is 12.1. The predicted octanol–water partition coefficient (Wildman–Crippen LogP) is 4.22. The molecule has 0 radical (unpaired) electrons. The van der Waals surface area contributed by atoms with Gasteiger partial charge in [0.15, 0.2) is 0 Å². The van der Waals surface area contributed by atoms with Crippen LogP contribution in [0.25, 0.3) is 0 Å². The third kappa shape index (κ3) is 13.8. The Morgan fingerprint density at radius 3 is 2.17 bits per heavy atom. The average Bonchev–Trinajstić information content (AvgIpc) is 3.08. The minimum atomic E-state index is -1.07. The number of alkyl carbamates (subject to hydrolysis) is 1. The van der Waals surface area contributed by atoms with Gasteiger partial charge < -0.3 is 39.4 Å². The van der Waals surface area contributed by atoms with E-state index in [0.717, 1.165) is 0 Å². The molecule has 2 aromatic rings. The van der Waals surface area contributed by atoms with Crippen LogP contribution in [0.1, 0.15) is 83.1 Å². The Kier molecular flexibility index (Phi) is 17.4. The highest BCUT2D eigenvalue weighted by atomic mass is 16.6. The Labute approximate surface area is 304 Å². The number of amides is 3. The summed E-state index contributed by atoms with van der Waals surface area (Å²) >= 11 is 0. The van der Waals surface area contributed by atoms with Gasteiger partial charge in [0.1, 0.15) is 28.7 Å². The first-order valence-corrected chi connectivity index (χ1v) is 17.2. The molecule has 0 bridgehead atoms. The molecule has 52 heavy (non-hydrogen) atoms. The third-order valence-corrected chi connectivity index (χ3v) is 7.40. The molecule has 0 aliphatic heterocycles. The molecule has 15 heteroatoms. The van der Waals surface area contributed by atoms with E-state index in [0.29, 0.717) is 30.5 Å². The number of phenolic OH excluding ortho intramolecular Hbond substituents is 1. The molecule has 0 heterocycles. The standard InChI is InChI=1S/C37H51N3O12/c1-8-25(23-30(42)49-9-2)40(33(44)35(46)50-10-3)26-18-16-24(17-19-26)22-27(39-36(47)52-37(4,5)6)32(43)38-20-11-12-21-51-29-15-13-14-28(41)31(29)34(45)48-7/h13-19,25,27,41H,8-12,20-23H2,1-7H3,(H,38,43)(H,39,47)/t25?,27-/m0/s1. The Morgan fingerprint density at radius 1 is 0.904 bits per heavy atom. The number of anilines is 1. The number of nitrogens with zero attached hydrogens (tertiary/aromatic N) is 1. The van der Waals surface area contributed by atoms with Crippen LogP contribution in [0.15, 0.2) is 42.5 Å². The number of hydrogen-bond acceptors (Lipinski definition) is 12. The van der Waals surface area contributed by atoms with Crippen LogP contribution in [0, 0.1) is 0 Å². The number of ether oxygens (including phenoxy) is 5. The van der Waals surface area contributed by atoms with Crippen LogP contribution in [0.2, 0.25) is 0 Å². The molecule has 0 saturated carbocycles. The van der Waals surface area contributed by atoms with Crippen molar-refractivity contribution < 1.29 is 57.6 Å². The lowest BCUT2D eigenvalue weighted by molar-refractivity contribution is -0.153. The highest BCUT2D eigenvalue weighted by Crippen LogP contribution is 2.28. The molecule has 1 unspecified atom stereocenters. The van der Waals surface area contributed by atoms with Crippen LogP contribution in [-0.4, -0.2) is 92.1 Å². The first-order chi connectivity index (χ1) is 24.6. The molecule has 0 spiro atoms. The molecular weight excluding hydrogens is 678 g/mol. The van der Waals surface area contributed by atoms with Crippen molar-refractivity contribution in [2.24, 2.45) is 0 Å². The molecule has 0 aromatic heterocycles. The van der Waals surface area contributed by atoms with Gasteiger partial charge in [0.2, 0.25) is 5.91 Å². The van der Waals surface area contributed by atoms with Crippen molar-refractivity contribution in [1.29, 1.82) is 0 Å². The van der Waals surface area contributed by atoms with Gasteiger partial charge in [-0.05, 0) is 83.7 Å². The summed E-state index contributed by atoms with van der Waals surface area (Å²) in [5.74, 6) is -3.84. The maximum absolute atomic E-state index is 13.3. The summed E-state index contributed by atoms with van der Waals surface area (Å²) in [4.78, 5) is 77.3. The molecule has 3 N–H and O–H groups in total. The topological polar surface area (TPSA) is 196 Å². The van der Waals surface area contributed by atoms with Gasteiger partial charge in [-0.3, -0.25) is 19.3 Å². The lowest BCUT2D eigenvalue weighted by atomic mass is 10.0. The van der Waals surface area contributed by atoms with E-state index in [2.05, 4.69) is 10.6 Å². The summed E-state index contributed by atoms with van der Waals surface area (Å²) in [7, 11) is 1.20. The summed E-state index contributed by atoms with van der Waals surface area (Å²) in [6, 6.07) is 9.15. The lowest BCUT2D eigenvalue weighted by Crippen LogP contribution is -2.49. The molecule has 2 rings (SSSR count). The SMILES string of the molecule is CCOC(=O)CC(CC)N(C(=O)C(=O)OCC)c1ccc(C[C@H](NC(=O)OC(C)(C)C)C(=O)NCCCCOc2cccc(O)c2C(=O)OC)cc1. The van der Waals surface area contributed by atoms with Gasteiger partial charge >= 0.3 is 29.9 Å². The van der Waals surface area contributed by atoms with Crippen molar-refractivity contribution in [2.45, 2.75) is 91.3 Å². The fraction of sp³-hybridized carbons (Fsp3) is 0.514. The Bertz CT molecular complexity index is 1520. The Balaban J connectivity index is 2.18. The van der Waals surface area contributed by atoms with Crippen LogP contribution >= 0.6 is 0 Å². The zero-order valence-electron chi connectivity index (χ0n) is 30.9. The van der Waals surface area contributed by atoms with Gasteiger partial charge in [-0.2, -0.15) is 0 Å². The van der Waals surface area contributed by atoms with E-state index in [4.69, 9.17) is 23.7 Å². The van der Waals surface area contributed by atoms with Crippen molar-refractivity contribution in [3.8, 4) is 11.5 Å². The molecule has 0 aliphatic rings. The van der Waals surface area contributed by atoms with Gasteiger partial charge in [-0.15, -0.1) is 0 Å². The number of aromatic hydroxyl groups is 1. The van der Waals surface area contributed by atoms with Crippen molar-refractivity contribution >= 4 is 41.5 Å². The quantitative estimate of drug-likeness (QED) is 0.0857. The van der Waals surface area contributed by atoms with Gasteiger partial charge in [-0.25, -0.2) is 14.4 Å². The number of methoxy groups -OCH3 is 1. The van der Waals surface area contributed by atoms with Crippen molar-refractivity contribution in [3.05, 3.63) is 53.6 Å². The monoisotopic (exact) mass is 729 g/mol. The number of rotatable bonds is 18. The van der Waals surface area contributed by atoms with Gasteiger partial charge in [0.25, 0.3) is 0 Å². The van der Waals surface area contributed by atoms with Gasteiger partial charge in [-0.1, -0.05) is 25.1 Å².